The molecule has 6 heteroatoms. The molecule has 1 fully saturated rings. The zero-order valence-electron chi connectivity index (χ0n) is 18.3. The largest absolute Gasteiger partial charge is 0.326 e. The molecule has 166 valence electrons. The summed E-state index contributed by atoms with van der Waals surface area (Å²) in [7, 11) is 0. The fourth-order valence-corrected chi connectivity index (χ4v) is 5.45. The van der Waals surface area contributed by atoms with Crippen LogP contribution in [-0.2, 0) is 14.4 Å². The fourth-order valence-electron chi connectivity index (χ4n) is 4.43. The van der Waals surface area contributed by atoms with Crippen molar-refractivity contribution in [3.63, 3.8) is 0 Å². The SMILES string of the molecule is CC(=O)Nc1ccc(C2=C(Sc3ccccc3)C(=O)N(C3CCCCCCC3)C2=O)cc1. The Balaban J connectivity index is 1.69. The van der Waals surface area contributed by atoms with E-state index in [2.05, 4.69) is 5.32 Å². The van der Waals surface area contributed by atoms with Gasteiger partial charge in [0.1, 0.15) is 0 Å². The number of imide groups is 1. The molecule has 1 aliphatic heterocycles. The van der Waals surface area contributed by atoms with Crippen molar-refractivity contribution < 1.29 is 14.4 Å². The minimum atomic E-state index is -0.203. The summed E-state index contributed by atoms with van der Waals surface area (Å²) < 4.78 is 0. The lowest BCUT2D eigenvalue weighted by molar-refractivity contribution is -0.139. The molecule has 2 aliphatic rings. The minimum absolute atomic E-state index is 0.0437. The van der Waals surface area contributed by atoms with Gasteiger partial charge < -0.3 is 5.32 Å². The summed E-state index contributed by atoms with van der Waals surface area (Å²) in [5, 5.41) is 2.74. The molecule has 0 spiro atoms. The molecule has 3 amide bonds. The third-order valence-corrected chi connectivity index (χ3v) is 7.06. The predicted molar refractivity (Wildman–Crippen MR) is 128 cm³/mol. The van der Waals surface area contributed by atoms with E-state index < -0.39 is 0 Å². The maximum absolute atomic E-state index is 13.6. The van der Waals surface area contributed by atoms with Crippen LogP contribution in [0, 0.1) is 0 Å². The van der Waals surface area contributed by atoms with Crippen molar-refractivity contribution in [3.8, 4) is 0 Å². The van der Waals surface area contributed by atoms with Gasteiger partial charge in [0.2, 0.25) is 5.91 Å². The van der Waals surface area contributed by atoms with Crippen molar-refractivity contribution in [1.82, 2.24) is 4.90 Å². The standard InChI is InChI=1S/C26H28N2O3S/c1-18(29)27-20-16-14-19(15-17-20)23-24(32-22-12-8-5-9-13-22)26(31)28(25(23)30)21-10-6-3-2-4-7-11-21/h5,8-9,12-17,21H,2-4,6-7,10-11H2,1H3,(H,27,29). The van der Waals surface area contributed by atoms with Gasteiger partial charge in [-0.3, -0.25) is 19.3 Å². The normalized spacial score (nSPS) is 18.0. The number of carbonyl (C=O) groups excluding carboxylic acids is 3. The van der Waals surface area contributed by atoms with E-state index in [9.17, 15) is 14.4 Å². The second-order valence-corrected chi connectivity index (χ2v) is 9.44. The molecular weight excluding hydrogens is 420 g/mol. The molecule has 1 heterocycles. The first kappa shape index (κ1) is 22.3. The van der Waals surface area contributed by atoms with Gasteiger partial charge in [0.05, 0.1) is 10.5 Å². The van der Waals surface area contributed by atoms with Crippen LogP contribution in [0.1, 0.15) is 57.4 Å². The fraction of sp³-hybridized carbons (Fsp3) is 0.346. The van der Waals surface area contributed by atoms with Crippen molar-refractivity contribution in [2.24, 2.45) is 0 Å². The Labute approximate surface area is 193 Å². The van der Waals surface area contributed by atoms with Crippen LogP contribution in [-0.4, -0.2) is 28.7 Å². The highest BCUT2D eigenvalue weighted by Gasteiger charge is 2.42. The summed E-state index contributed by atoms with van der Waals surface area (Å²) in [5.74, 6) is -0.540. The predicted octanol–water partition coefficient (Wildman–Crippen LogP) is 5.63. The van der Waals surface area contributed by atoms with Gasteiger partial charge in [-0.15, -0.1) is 0 Å². The maximum atomic E-state index is 13.6. The average Bonchev–Trinajstić information content (AvgIpc) is 2.99. The van der Waals surface area contributed by atoms with Crippen LogP contribution >= 0.6 is 11.8 Å². The van der Waals surface area contributed by atoms with Crippen LogP contribution in [0.5, 0.6) is 0 Å². The summed E-state index contributed by atoms with van der Waals surface area (Å²) in [4.78, 5) is 41.5. The molecule has 1 N–H and O–H groups in total. The van der Waals surface area contributed by atoms with Gasteiger partial charge in [0.25, 0.3) is 11.8 Å². The van der Waals surface area contributed by atoms with Gasteiger partial charge in [-0.05, 0) is 42.7 Å². The van der Waals surface area contributed by atoms with E-state index in [1.165, 1.54) is 30.0 Å². The second kappa shape index (κ2) is 10.2. The number of anilines is 1. The first-order chi connectivity index (χ1) is 15.5. The topological polar surface area (TPSA) is 66.5 Å². The van der Waals surface area contributed by atoms with Crippen LogP contribution in [0.2, 0.25) is 0 Å². The van der Waals surface area contributed by atoms with E-state index in [0.717, 1.165) is 43.4 Å². The zero-order chi connectivity index (χ0) is 22.5. The molecule has 4 rings (SSSR count). The Hall–Kier alpha value is -2.86. The number of nitrogens with zero attached hydrogens (tertiary/aromatic N) is 1. The second-order valence-electron chi connectivity index (χ2n) is 8.36. The number of carbonyl (C=O) groups is 3. The average molecular weight is 449 g/mol. The minimum Gasteiger partial charge on any atom is -0.326 e. The van der Waals surface area contributed by atoms with Gasteiger partial charge in [0, 0.05) is 23.5 Å². The molecule has 0 radical (unpaired) electrons. The van der Waals surface area contributed by atoms with Gasteiger partial charge in [-0.1, -0.05) is 74.2 Å². The molecule has 32 heavy (non-hydrogen) atoms. The van der Waals surface area contributed by atoms with Crippen LogP contribution < -0.4 is 5.32 Å². The lowest BCUT2D eigenvalue weighted by Crippen LogP contribution is -2.41. The highest BCUT2D eigenvalue weighted by molar-refractivity contribution is 8.04. The third kappa shape index (κ3) is 4.96. The van der Waals surface area contributed by atoms with Crippen LogP contribution in [0.4, 0.5) is 5.69 Å². The van der Waals surface area contributed by atoms with Crippen LogP contribution in [0.3, 0.4) is 0 Å². The molecule has 0 aromatic heterocycles. The molecule has 0 unspecified atom stereocenters. The van der Waals surface area contributed by atoms with Crippen molar-refractivity contribution >= 4 is 40.7 Å². The van der Waals surface area contributed by atoms with E-state index in [1.54, 1.807) is 24.3 Å². The molecular formula is C26H28N2O3S. The Morgan fingerprint density at radius 2 is 1.50 bits per heavy atom. The first-order valence-electron chi connectivity index (χ1n) is 11.3. The number of nitrogens with one attached hydrogen (secondary N) is 1. The number of amides is 3. The molecule has 5 nitrogen and oxygen atoms in total. The highest BCUT2D eigenvalue weighted by Crippen LogP contribution is 2.41. The quantitative estimate of drug-likeness (QED) is 0.602. The maximum Gasteiger partial charge on any atom is 0.268 e. The lowest BCUT2D eigenvalue weighted by Gasteiger charge is -2.28. The molecule has 0 atom stereocenters. The summed E-state index contributed by atoms with van der Waals surface area (Å²) in [6.45, 7) is 1.46. The number of hydrogen-bond donors (Lipinski definition) is 1. The van der Waals surface area contributed by atoms with E-state index in [1.807, 2.05) is 30.3 Å². The summed E-state index contributed by atoms with van der Waals surface area (Å²) in [5.41, 5.74) is 1.82. The lowest BCUT2D eigenvalue weighted by atomic mass is 9.95. The Bertz CT molecular complexity index is 1020. The smallest absolute Gasteiger partial charge is 0.268 e. The van der Waals surface area contributed by atoms with Crippen molar-refractivity contribution in [2.75, 3.05) is 5.32 Å². The molecule has 0 saturated heterocycles. The highest BCUT2D eigenvalue weighted by atomic mass is 32.2. The summed E-state index contributed by atoms with van der Waals surface area (Å²) >= 11 is 1.36. The van der Waals surface area contributed by atoms with Crippen LogP contribution in [0.15, 0.2) is 64.4 Å². The van der Waals surface area contributed by atoms with Crippen molar-refractivity contribution in [1.29, 1.82) is 0 Å². The Kier molecular flexibility index (Phi) is 7.10. The Morgan fingerprint density at radius 1 is 0.875 bits per heavy atom. The number of benzene rings is 2. The van der Waals surface area contributed by atoms with E-state index in [4.69, 9.17) is 0 Å². The summed E-state index contributed by atoms with van der Waals surface area (Å²) in [6, 6.07) is 16.8. The molecule has 0 bridgehead atoms. The van der Waals surface area contributed by atoms with E-state index >= 15 is 0 Å². The molecule has 1 aliphatic carbocycles. The molecule has 2 aromatic carbocycles. The van der Waals surface area contributed by atoms with Crippen molar-refractivity contribution in [2.45, 2.75) is 62.8 Å². The van der Waals surface area contributed by atoms with Gasteiger partial charge >= 0.3 is 0 Å². The first-order valence-corrected chi connectivity index (χ1v) is 12.1. The number of hydrogen-bond acceptors (Lipinski definition) is 4. The Morgan fingerprint density at radius 3 is 2.12 bits per heavy atom. The number of thioether (sulfide) groups is 1. The van der Waals surface area contributed by atoms with Crippen molar-refractivity contribution in [3.05, 3.63) is 65.1 Å². The van der Waals surface area contributed by atoms with E-state index in [-0.39, 0.29) is 23.8 Å². The van der Waals surface area contributed by atoms with Gasteiger partial charge in [-0.25, -0.2) is 0 Å². The monoisotopic (exact) mass is 448 g/mol. The third-order valence-electron chi connectivity index (χ3n) is 5.97. The van der Waals surface area contributed by atoms with Crippen LogP contribution in [0.25, 0.3) is 5.57 Å². The summed E-state index contributed by atoms with van der Waals surface area (Å²) in [6.07, 6.45) is 7.37. The van der Waals surface area contributed by atoms with Gasteiger partial charge in [0.15, 0.2) is 0 Å². The molecule has 1 saturated carbocycles. The zero-order valence-corrected chi connectivity index (χ0v) is 19.1. The molecule has 2 aromatic rings. The van der Waals surface area contributed by atoms with Gasteiger partial charge in [-0.2, -0.15) is 0 Å². The number of rotatable bonds is 5. The van der Waals surface area contributed by atoms with E-state index in [0.29, 0.717) is 21.7 Å².